The summed E-state index contributed by atoms with van der Waals surface area (Å²) in [5.41, 5.74) is 4.16. The Morgan fingerprint density at radius 1 is 1.13 bits per heavy atom. The van der Waals surface area contributed by atoms with Gasteiger partial charge in [-0.15, -0.1) is 11.3 Å². The van der Waals surface area contributed by atoms with Gasteiger partial charge in [0.25, 0.3) is 0 Å². The zero-order valence-electron chi connectivity index (χ0n) is 13.9. The fourth-order valence-electron chi connectivity index (χ4n) is 2.62. The number of hydrogen-bond acceptors (Lipinski definition) is 4. The van der Waals surface area contributed by atoms with Crippen molar-refractivity contribution >= 4 is 21.6 Å². The largest absolute Gasteiger partial charge is 0.496 e. The molecule has 1 N–H and O–H groups in total. The zero-order valence-corrected chi connectivity index (χ0v) is 14.7. The maximum atomic E-state index is 9.27. The van der Waals surface area contributed by atoms with Gasteiger partial charge in [0.1, 0.15) is 10.8 Å². The smallest absolute Gasteiger partial charge is 0.124 e. The lowest BCUT2D eigenvalue weighted by Gasteiger charge is -2.22. The molecule has 23 heavy (non-hydrogen) atoms. The summed E-state index contributed by atoms with van der Waals surface area (Å²) < 4.78 is 6.60. The molecule has 0 amide bonds. The van der Waals surface area contributed by atoms with Crippen LogP contribution in [0.1, 0.15) is 31.9 Å². The number of thiazole rings is 1. The van der Waals surface area contributed by atoms with E-state index in [1.54, 1.807) is 18.4 Å². The highest BCUT2D eigenvalue weighted by Gasteiger charge is 2.20. The van der Waals surface area contributed by atoms with E-state index in [2.05, 4.69) is 32.9 Å². The van der Waals surface area contributed by atoms with Gasteiger partial charge >= 0.3 is 0 Å². The van der Waals surface area contributed by atoms with Gasteiger partial charge in [-0.05, 0) is 41.3 Å². The van der Waals surface area contributed by atoms with Crippen LogP contribution in [0.5, 0.6) is 5.75 Å². The van der Waals surface area contributed by atoms with Gasteiger partial charge in [-0.2, -0.15) is 0 Å². The molecule has 1 heterocycles. The van der Waals surface area contributed by atoms with E-state index in [4.69, 9.17) is 9.72 Å². The number of ether oxygens (including phenoxy) is 1. The third-order valence-corrected chi connectivity index (χ3v) is 4.96. The second-order valence-electron chi connectivity index (χ2n) is 6.64. The first kappa shape index (κ1) is 16.0. The topological polar surface area (TPSA) is 42.4 Å². The number of hydrogen-bond donors (Lipinski definition) is 1. The van der Waals surface area contributed by atoms with Crippen LogP contribution < -0.4 is 4.74 Å². The molecule has 0 aliphatic rings. The lowest BCUT2D eigenvalue weighted by atomic mass is 9.85. The highest BCUT2D eigenvalue weighted by Crippen LogP contribution is 2.37. The average molecular weight is 327 g/mol. The zero-order chi connectivity index (χ0) is 16.6. The first-order valence-corrected chi connectivity index (χ1v) is 8.43. The van der Waals surface area contributed by atoms with Crippen molar-refractivity contribution in [1.29, 1.82) is 0 Å². The van der Waals surface area contributed by atoms with Crippen LogP contribution in [0, 0.1) is 0 Å². The molecule has 120 valence electrons. The van der Waals surface area contributed by atoms with E-state index in [1.165, 1.54) is 5.56 Å². The summed E-state index contributed by atoms with van der Waals surface area (Å²) in [6.45, 7) is 6.60. The lowest BCUT2D eigenvalue weighted by Crippen LogP contribution is -2.12. The second-order valence-corrected chi connectivity index (χ2v) is 7.67. The summed E-state index contributed by atoms with van der Waals surface area (Å²) >= 11 is 1.65. The van der Waals surface area contributed by atoms with E-state index >= 15 is 0 Å². The molecule has 0 atom stereocenters. The van der Waals surface area contributed by atoms with Crippen molar-refractivity contribution in [2.45, 2.75) is 32.8 Å². The van der Waals surface area contributed by atoms with Gasteiger partial charge < -0.3 is 9.84 Å². The Morgan fingerprint density at radius 2 is 1.91 bits per heavy atom. The fourth-order valence-corrected chi connectivity index (χ4v) is 3.64. The molecule has 3 nitrogen and oxygen atoms in total. The molecular formula is C19H21NO2S. The van der Waals surface area contributed by atoms with Crippen LogP contribution in [0.2, 0.25) is 0 Å². The average Bonchev–Trinajstić information content (AvgIpc) is 2.96. The molecule has 3 rings (SSSR count). The van der Waals surface area contributed by atoms with Gasteiger partial charge in [-0.3, -0.25) is 0 Å². The van der Waals surface area contributed by atoms with Crippen LogP contribution in [-0.4, -0.2) is 17.2 Å². The number of benzene rings is 2. The second kappa shape index (κ2) is 5.95. The van der Waals surface area contributed by atoms with Crippen molar-refractivity contribution in [3.8, 4) is 16.3 Å². The molecule has 0 aliphatic heterocycles. The van der Waals surface area contributed by atoms with Crippen LogP contribution in [0.25, 0.3) is 20.8 Å². The molecule has 2 aromatic carbocycles. The predicted octanol–water partition coefficient (Wildman–Crippen LogP) is 4.76. The van der Waals surface area contributed by atoms with Gasteiger partial charge in [0.05, 0.1) is 23.9 Å². The molecule has 0 saturated carbocycles. The summed E-state index contributed by atoms with van der Waals surface area (Å²) in [4.78, 5) is 4.73. The Bertz CT molecular complexity index is 846. The van der Waals surface area contributed by atoms with Crippen molar-refractivity contribution in [3.63, 3.8) is 0 Å². The number of rotatable bonds is 3. The standard InChI is InChI=1S/C19H21NO2S/c1-19(2,3)14-10-13(6-8-16(14)22-4)18-20-15-7-5-12(11-21)9-17(15)23-18/h5-10,21H,11H2,1-4H3. The quantitative estimate of drug-likeness (QED) is 0.754. The SMILES string of the molecule is COc1ccc(-c2nc3ccc(CO)cc3s2)cc1C(C)(C)C. The third kappa shape index (κ3) is 3.09. The fraction of sp³-hybridized carbons (Fsp3) is 0.316. The van der Waals surface area contributed by atoms with Gasteiger partial charge in [0.2, 0.25) is 0 Å². The molecule has 0 bridgehead atoms. The molecule has 0 saturated heterocycles. The van der Waals surface area contributed by atoms with E-state index in [9.17, 15) is 5.11 Å². The minimum absolute atomic E-state index is 0.00208. The van der Waals surface area contributed by atoms with Crippen molar-refractivity contribution in [1.82, 2.24) is 4.98 Å². The van der Waals surface area contributed by atoms with Crippen LogP contribution >= 0.6 is 11.3 Å². The van der Waals surface area contributed by atoms with E-state index in [1.807, 2.05) is 24.3 Å². The molecule has 0 fully saturated rings. The molecule has 1 aromatic heterocycles. The van der Waals surface area contributed by atoms with E-state index in [0.29, 0.717) is 0 Å². The number of aliphatic hydroxyl groups excluding tert-OH is 1. The van der Waals surface area contributed by atoms with Gasteiger partial charge in [-0.1, -0.05) is 26.8 Å². The Kier molecular flexibility index (Phi) is 4.13. The minimum atomic E-state index is 0.00208. The molecule has 0 radical (unpaired) electrons. The van der Waals surface area contributed by atoms with E-state index < -0.39 is 0 Å². The van der Waals surface area contributed by atoms with Crippen LogP contribution in [0.15, 0.2) is 36.4 Å². The molecule has 0 aliphatic carbocycles. The molecule has 3 aromatic rings. The monoisotopic (exact) mass is 327 g/mol. The Hall–Kier alpha value is -1.91. The summed E-state index contributed by atoms with van der Waals surface area (Å²) in [7, 11) is 1.71. The van der Waals surface area contributed by atoms with Gasteiger partial charge in [-0.25, -0.2) is 4.98 Å². The maximum absolute atomic E-state index is 9.27. The predicted molar refractivity (Wildman–Crippen MR) is 96.2 cm³/mol. The van der Waals surface area contributed by atoms with Crippen molar-refractivity contribution in [2.75, 3.05) is 7.11 Å². The number of methoxy groups -OCH3 is 1. The summed E-state index contributed by atoms with van der Waals surface area (Å²) in [5, 5.41) is 10.3. The number of fused-ring (bicyclic) bond motifs is 1. The molecule has 4 heteroatoms. The maximum Gasteiger partial charge on any atom is 0.124 e. The molecular weight excluding hydrogens is 306 g/mol. The van der Waals surface area contributed by atoms with Gasteiger partial charge in [0, 0.05) is 11.1 Å². The van der Waals surface area contributed by atoms with E-state index in [0.717, 1.165) is 32.1 Å². The Morgan fingerprint density at radius 3 is 2.57 bits per heavy atom. The van der Waals surface area contributed by atoms with Crippen LogP contribution in [-0.2, 0) is 12.0 Å². The number of aliphatic hydroxyl groups is 1. The van der Waals surface area contributed by atoms with Crippen molar-refractivity contribution < 1.29 is 9.84 Å². The highest BCUT2D eigenvalue weighted by molar-refractivity contribution is 7.21. The lowest BCUT2D eigenvalue weighted by molar-refractivity contribution is 0.282. The summed E-state index contributed by atoms with van der Waals surface area (Å²) in [5.74, 6) is 0.907. The molecule has 0 unspecified atom stereocenters. The number of aromatic nitrogens is 1. The molecule has 0 spiro atoms. The third-order valence-electron chi connectivity index (χ3n) is 3.89. The van der Waals surface area contributed by atoms with Crippen molar-refractivity contribution in [2.24, 2.45) is 0 Å². The Labute approximate surface area is 140 Å². The number of nitrogens with zero attached hydrogens (tertiary/aromatic N) is 1. The first-order valence-electron chi connectivity index (χ1n) is 7.61. The van der Waals surface area contributed by atoms with Gasteiger partial charge in [0.15, 0.2) is 0 Å². The minimum Gasteiger partial charge on any atom is -0.496 e. The van der Waals surface area contributed by atoms with Crippen LogP contribution in [0.3, 0.4) is 0 Å². The first-order chi connectivity index (χ1) is 10.9. The van der Waals surface area contributed by atoms with E-state index in [-0.39, 0.29) is 12.0 Å². The van der Waals surface area contributed by atoms with Crippen molar-refractivity contribution in [3.05, 3.63) is 47.5 Å². The highest BCUT2D eigenvalue weighted by atomic mass is 32.1. The summed E-state index contributed by atoms with van der Waals surface area (Å²) in [6, 6.07) is 12.1. The normalized spacial score (nSPS) is 11.9. The Balaban J connectivity index is 2.11. The van der Waals surface area contributed by atoms with Crippen LogP contribution in [0.4, 0.5) is 0 Å². The summed E-state index contributed by atoms with van der Waals surface area (Å²) in [6.07, 6.45) is 0.